The van der Waals surface area contributed by atoms with Gasteiger partial charge in [-0.25, -0.2) is 4.79 Å². The molecule has 1 unspecified atom stereocenters. The van der Waals surface area contributed by atoms with Gasteiger partial charge < -0.3 is 19.6 Å². The largest absolute Gasteiger partial charge is 0.493 e. The molecular weight excluding hydrogens is 270 g/mol. The van der Waals surface area contributed by atoms with Crippen LogP contribution in [-0.4, -0.2) is 24.6 Å². The van der Waals surface area contributed by atoms with Crippen LogP contribution in [0.3, 0.4) is 0 Å². The van der Waals surface area contributed by atoms with E-state index in [1.807, 2.05) is 39.0 Å². The fourth-order valence-electron chi connectivity index (χ4n) is 2.24. The van der Waals surface area contributed by atoms with Crippen molar-refractivity contribution in [3.8, 4) is 5.75 Å². The van der Waals surface area contributed by atoms with Gasteiger partial charge in [0.05, 0.1) is 6.61 Å². The lowest BCUT2D eigenvalue weighted by Gasteiger charge is -2.19. The summed E-state index contributed by atoms with van der Waals surface area (Å²) in [5.74, 6) is 0.932. The second-order valence-corrected chi connectivity index (χ2v) is 6.14. The van der Waals surface area contributed by atoms with Gasteiger partial charge in [-0.3, -0.25) is 0 Å². The molecule has 1 heterocycles. The molecule has 2 rings (SSSR count). The normalized spacial score (nSPS) is 16.8. The Labute approximate surface area is 124 Å². The fraction of sp³-hybridized carbons (Fsp3) is 0.500. The number of carbonyl (C=O) groups excluding carboxylic acids is 2. The first-order chi connectivity index (χ1) is 9.89. The van der Waals surface area contributed by atoms with Crippen LogP contribution in [-0.2, 0) is 16.1 Å². The van der Waals surface area contributed by atoms with E-state index >= 15 is 0 Å². The minimum atomic E-state index is -0.509. The zero-order valence-corrected chi connectivity index (χ0v) is 12.6. The van der Waals surface area contributed by atoms with Crippen LogP contribution in [0.25, 0.3) is 0 Å². The molecular formula is C16H21NO4. The number of fused-ring (bicyclic) bond motifs is 1. The summed E-state index contributed by atoms with van der Waals surface area (Å²) in [6, 6.07) is 5.76. The molecule has 0 fully saturated rings. The Bertz CT molecular complexity index is 534. The molecule has 1 atom stereocenters. The standard InChI is InChI=1S/C16H21NO4/c1-16(2,3)21-15(19)17-9-11-4-5-14-13(8-11)12(6-7-18)10-20-14/h4-5,7-8,12H,6,9-10H2,1-3H3,(H,17,19). The molecule has 5 nitrogen and oxygen atoms in total. The van der Waals surface area contributed by atoms with Crippen molar-refractivity contribution in [2.24, 2.45) is 0 Å². The van der Waals surface area contributed by atoms with Crippen LogP contribution in [0.1, 0.15) is 44.2 Å². The van der Waals surface area contributed by atoms with Gasteiger partial charge >= 0.3 is 6.09 Å². The zero-order valence-electron chi connectivity index (χ0n) is 12.6. The van der Waals surface area contributed by atoms with Crippen molar-refractivity contribution in [1.29, 1.82) is 0 Å². The molecule has 0 aliphatic carbocycles. The summed E-state index contributed by atoms with van der Waals surface area (Å²) in [4.78, 5) is 22.3. The number of aldehydes is 1. The van der Waals surface area contributed by atoms with Crippen molar-refractivity contribution in [2.75, 3.05) is 6.61 Å². The average molecular weight is 291 g/mol. The summed E-state index contributed by atoms with van der Waals surface area (Å²) in [5.41, 5.74) is 1.48. The highest BCUT2D eigenvalue weighted by Gasteiger charge is 2.24. The monoisotopic (exact) mass is 291 g/mol. The van der Waals surface area contributed by atoms with E-state index in [4.69, 9.17) is 9.47 Å². The van der Waals surface area contributed by atoms with Crippen LogP contribution in [0.2, 0.25) is 0 Å². The zero-order chi connectivity index (χ0) is 15.5. The van der Waals surface area contributed by atoms with Gasteiger partial charge in [-0.1, -0.05) is 6.07 Å². The summed E-state index contributed by atoms with van der Waals surface area (Å²) in [5, 5.41) is 2.72. The number of amides is 1. The van der Waals surface area contributed by atoms with E-state index in [0.29, 0.717) is 19.6 Å². The molecule has 1 aromatic rings. The molecule has 5 heteroatoms. The van der Waals surface area contributed by atoms with Gasteiger partial charge in [-0.05, 0) is 38.5 Å². The second kappa shape index (κ2) is 6.16. The third-order valence-electron chi connectivity index (χ3n) is 3.17. The van der Waals surface area contributed by atoms with E-state index in [0.717, 1.165) is 23.2 Å². The topological polar surface area (TPSA) is 64.6 Å². The molecule has 0 aromatic heterocycles. The van der Waals surface area contributed by atoms with Gasteiger partial charge in [0.15, 0.2) is 0 Å². The van der Waals surface area contributed by atoms with Crippen LogP contribution >= 0.6 is 0 Å². The first-order valence-corrected chi connectivity index (χ1v) is 7.05. The molecule has 1 aliphatic rings. The maximum atomic E-state index is 11.6. The van der Waals surface area contributed by atoms with Crippen LogP contribution in [0.15, 0.2) is 18.2 Å². The Balaban J connectivity index is 1.98. The van der Waals surface area contributed by atoms with Gasteiger partial charge in [0.1, 0.15) is 17.6 Å². The van der Waals surface area contributed by atoms with Gasteiger partial charge in [0.25, 0.3) is 0 Å². The predicted molar refractivity (Wildman–Crippen MR) is 78.4 cm³/mol. The summed E-state index contributed by atoms with van der Waals surface area (Å²) in [6.07, 6.45) is 0.925. The fourth-order valence-corrected chi connectivity index (χ4v) is 2.24. The minimum absolute atomic E-state index is 0.110. The van der Waals surface area contributed by atoms with Crippen molar-refractivity contribution >= 4 is 12.4 Å². The van der Waals surface area contributed by atoms with Gasteiger partial charge in [0, 0.05) is 24.4 Å². The summed E-state index contributed by atoms with van der Waals surface area (Å²) < 4.78 is 10.7. The molecule has 114 valence electrons. The highest BCUT2D eigenvalue weighted by atomic mass is 16.6. The van der Waals surface area contributed by atoms with Crippen LogP contribution < -0.4 is 10.1 Å². The first-order valence-electron chi connectivity index (χ1n) is 7.05. The third kappa shape index (κ3) is 4.21. The van der Waals surface area contributed by atoms with Gasteiger partial charge in [-0.2, -0.15) is 0 Å². The van der Waals surface area contributed by atoms with Crippen molar-refractivity contribution in [1.82, 2.24) is 5.32 Å². The summed E-state index contributed by atoms with van der Waals surface area (Å²) in [7, 11) is 0. The number of alkyl carbamates (subject to hydrolysis) is 1. The molecule has 0 bridgehead atoms. The summed E-state index contributed by atoms with van der Waals surface area (Å²) in [6.45, 7) is 6.39. The maximum Gasteiger partial charge on any atom is 0.407 e. The Morgan fingerprint density at radius 3 is 2.90 bits per heavy atom. The lowest BCUT2D eigenvalue weighted by molar-refractivity contribution is -0.108. The Kier molecular flexibility index (Phi) is 4.50. The summed E-state index contributed by atoms with van der Waals surface area (Å²) >= 11 is 0. The molecule has 1 aliphatic heterocycles. The molecule has 1 aromatic carbocycles. The Morgan fingerprint density at radius 1 is 1.48 bits per heavy atom. The van der Waals surface area contributed by atoms with E-state index in [2.05, 4.69) is 5.32 Å². The molecule has 1 N–H and O–H groups in total. The number of benzene rings is 1. The molecule has 0 radical (unpaired) electrons. The Hall–Kier alpha value is -2.04. The first kappa shape index (κ1) is 15.4. The van der Waals surface area contributed by atoms with E-state index in [1.54, 1.807) is 0 Å². The van der Waals surface area contributed by atoms with E-state index in [9.17, 15) is 9.59 Å². The minimum Gasteiger partial charge on any atom is -0.493 e. The van der Waals surface area contributed by atoms with Crippen LogP contribution in [0.5, 0.6) is 5.75 Å². The van der Waals surface area contributed by atoms with E-state index < -0.39 is 11.7 Å². The number of hydrogen-bond donors (Lipinski definition) is 1. The van der Waals surface area contributed by atoms with Gasteiger partial charge in [0.2, 0.25) is 0 Å². The number of rotatable bonds is 4. The smallest absolute Gasteiger partial charge is 0.407 e. The number of ether oxygens (including phenoxy) is 2. The van der Waals surface area contributed by atoms with Crippen molar-refractivity contribution in [3.63, 3.8) is 0 Å². The molecule has 0 saturated carbocycles. The van der Waals surface area contributed by atoms with E-state index in [1.165, 1.54) is 0 Å². The average Bonchev–Trinajstić information content (AvgIpc) is 2.78. The highest BCUT2D eigenvalue weighted by Crippen LogP contribution is 2.35. The molecule has 1 amide bonds. The highest BCUT2D eigenvalue weighted by molar-refractivity contribution is 5.67. The van der Waals surface area contributed by atoms with E-state index in [-0.39, 0.29) is 5.92 Å². The van der Waals surface area contributed by atoms with Crippen LogP contribution in [0.4, 0.5) is 4.79 Å². The third-order valence-corrected chi connectivity index (χ3v) is 3.17. The number of hydrogen-bond acceptors (Lipinski definition) is 4. The molecule has 0 spiro atoms. The van der Waals surface area contributed by atoms with Crippen molar-refractivity contribution in [3.05, 3.63) is 29.3 Å². The number of carbonyl (C=O) groups is 2. The second-order valence-electron chi connectivity index (χ2n) is 6.14. The van der Waals surface area contributed by atoms with Crippen molar-refractivity contribution in [2.45, 2.75) is 45.3 Å². The molecule has 0 saturated heterocycles. The SMILES string of the molecule is CC(C)(C)OC(=O)NCc1ccc2c(c1)C(CC=O)CO2. The van der Waals surface area contributed by atoms with Crippen LogP contribution in [0, 0.1) is 0 Å². The molecule has 21 heavy (non-hydrogen) atoms. The van der Waals surface area contributed by atoms with Gasteiger partial charge in [-0.15, -0.1) is 0 Å². The van der Waals surface area contributed by atoms with Crippen molar-refractivity contribution < 1.29 is 19.1 Å². The lowest BCUT2D eigenvalue weighted by Crippen LogP contribution is -2.32. The predicted octanol–water partition coefficient (Wildman–Crippen LogP) is 2.78. The lowest BCUT2D eigenvalue weighted by atomic mass is 9.97. The Morgan fingerprint density at radius 2 is 2.24 bits per heavy atom. The maximum absolute atomic E-state index is 11.6. The number of nitrogens with one attached hydrogen (secondary N) is 1. The quantitative estimate of drug-likeness (QED) is 0.866.